The van der Waals surface area contributed by atoms with E-state index in [2.05, 4.69) is 22.8 Å². The number of fused-ring (bicyclic) bond motifs is 3. The number of aromatic nitrogens is 1. The van der Waals surface area contributed by atoms with Gasteiger partial charge in [0.2, 0.25) is 5.91 Å². The predicted molar refractivity (Wildman–Crippen MR) is 120 cm³/mol. The number of carbonyl (C=O) groups is 2. The van der Waals surface area contributed by atoms with Gasteiger partial charge >= 0.3 is 5.97 Å². The summed E-state index contributed by atoms with van der Waals surface area (Å²) in [6, 6.07) is 3.37. The van der Waals surface area contributed by atoms with Gasteiger partial charge in [0, 0.05) is 37.8 Å². The van der Waals surface area contributed by atoms with E-state index in [-0.39, 0.29) is 30.5 Å². The fourth-order valence-electron chi connectivity index (χ4n) is 4.94. The van der Waals surface area contributed by atoms with Crippen LogP contribution in [0.1, 0.15) is 62.6 Å². The van der Waals surface area contributed by atoms with Crippen molar-refractivity contribution >= 4 is 17.7 Å². The fourth-order valence-corrected chi connectivity index (χ4v) is 4.94. The van der Waals surface area contributed by atoms with Crippen molar-refractivity contribution in [2.45, 2.75) is 82.5 Å². The van der Waals surface area contributed by atoms with E-state index >= 15 is 0 Å². The van der Waals surface area contributed by atoms with Crippen LogP contribution < -0.4 is 10.6 Å². The Morgan fingerprint density at radius 3 is 2.81 bits per heavy atom. The number of hydrogen-bond acceptors (Lipinski definition) is 6. The molecule has 8 nitrogen and oxygen atoms in total. The summed E-state index contributed by atoms with van der Waals surface area (Å²) in [6.07, 6.45) is 9.00. The second-order valence-electron chi connectivity index (χ2n) is 9.22. The third kappa shape index (κ3) is 6.19. The lowest BCUT2D eigenvalue weighted by Gasteiger charge is -2.28. The number of carboxylic acid groups (broad SMARTS) is 1. The molecule has 3 aliphatic rings. The van der Waals surface area contributed by atoms with Gasteiger partial charge in [-0.05, 0) is 69.4 Å². The topological polar surface area (TPSA) is 110 Å². The average molecular weight is 446 g/mol. The molecule has 4 rings (SSSR count). The highest BCUT2D eigenvalue weighted by Gasteiger charge is 2.38. The lowest BCUT2D eigenvalue weighted by atomic mass is 9.94. The van der Waals surface area contributed by atoms with Gasteiger partial charge in [0.1, 0.15) is 11.9 Å². The Labute approximate surface area is 189 Å². The Kier molecular flexibility index (Phi) is 7.97. The molecule has 3 unspecified atom stereocenters. The maximum Gasteiger partial charge on any atom is 0.326 e. The molecule has 0 saturated carbocycles. The van der Waals surface area contributed by atoms with Crippen LogP contribution in [-0.4, -0.2) is 60.0 Å². The first-order chi connectivity index (χ1) is 15.6. The third-order valence-electron chi connectivity index (χ3n) is 6.75. The van der Waals surface area contributed by atoms with Gasteiger partial charge < -0.3 is 25.2 Å². The number of anilines is 1. The van der Waals surface area contributed by atoms with E-state index < -0.39 is 12.0 Å². The zero-order chi connectivity index (χ0) is 22.3. The summed E-state index contributed by atoms with van der Waals surface area (Å²) in [5.74, 6) is -0.287. The number of pyridine rings is 1. The number of nitrogens with one attached hydrogen (secondary N) is 2. The molecule has 3 atom stereocenters. The molecular formula is C24H35N3O5. The molecule has 0 radical (unpaired) electrons. The molecule has 176 valence electrons. The summed E-state index contributed by atoms with van der Waals surface area (Å²) in [4.78, 5) is 28.8. The molecule has 2 bridgehead atoms. The molecule has 0 spiro atoms. The quantitative estimate of drug-likeness (QED) is 0.449. The molecule has 1 aromatic heterocycles. The summed E-state index contributed by atoms with van der Waals surface area (Å²) in [6.45, 7) is 1.88. The van der Waals surface area contributed by atoms with Crippen LogP contribution in [0.2, 0.25) is 0 Å². The number of hydrogen-bond donors (Lipinski definition) is 3. The van der Waals surface area contributed by atoms with Gasteiger partial charge in [-0.1, -0.05) is 6.07 Å². The van der Waals surface area contributed by atoms with Crippen LogP contribution in [0.4, 0.5) is 5.82 Å². The second kappa shape index (κ2) is 11.1. The minimum absolute atomic E-state index is 0.142. The number of ether oxygens (including phenoxy) is 2. The summed E-state index contributed by atoms with van der Waals surface area (Å²) in [5, 5.41) is 15.6. The van der Waals surface area contributed by atoms with Crippen LogP contribution in [0.15, 0.2) is 12.1 Å². The first-order valence-electron chi connectivity index (χ1n) is 12.1. The van der Waals surface area contributed by atoms with E-state index in [4.69, 9.17) is 14.5 Å². The number of aryl methyl sites for hydroxylation is 2. The van der Waals surface area contributed by atoms with Gasteiger partial charge in [-0.2, -0.15) is 0 Å². The Morgan fingerprint density at radius 2 is 2.03 bits per heavy atom. The Hall–Kier alpha value is -2.19. The number of aliphatic carboxylic acids is 1. The van der Waals surface area contributed by atoms with Crippen molar-refractivity contribution in [3.05, 3.63) is 23.4 Å². The van der Waals surface area contributed by atoms with Crippen LogP contribution in [0.3, 0.4) is 0 Å². The van der Waals surface area contributed by atoms with Crippen molar-refractivity contribution in [1.29, 1.82) is 0 Å². The van der Waals surface area contributed by atoms with Gasteiger partial charge in [-0.15, -0.1) is 0 Å². The molecule has 0 aliphatic carbocycles. The van der Waals surface area contributed by atoms with Gasteiger partial charge in [0.25, 0.3) is 0 Å². The molecule has 4 heterocycles. The summed E-state index contributed by atoms with van der Waals surface area (Å²) < 4.78 is 11.4. The number of rotatable bonds is 11. The Morgan fingerprint density at radius 1 is 1.22 bits per heavy atom. The fraction of sp³-hybridized carbons (Fsp3) is 0.708. The van der Waals surface area contributed by atoms with Gasteiger partial charge in [0.05, 0.1) is 12.2 Å². The van der Waals surface area contributed by atoms with Crippen molar-refractivity contribution in [3.8, 4) is 0 Å². The Balaban J connectivity index is 1.10. The highest BCUT2D eigenvalue weighted by Crippen LogP contribution is 2.35. The van der Waals surface area contributed by atoms with Crippen LogP contribution in [0.5, 0.6) is 0 Å². The van der Waals surface area contributed by atoms with Crippen LogP contribution >= 0.6 is 0 Å². The van der Waals surface area contributed by atoms with Crippen LogP contribution in [-0.2, 0) is 31.9 Å². The van der Waals surface area contributed by atoms with E-state index in [1.54, 1.807) is 0 Å². The maximum atomic E-state index is 12.5. The van der Waals surface area contributed by atoms with E-state index in [1.807, 2.05) is 0 Å². The molecule has 3 aliphatic heterocycles. The van der Waals surface area contributed by atoms with Gasteiger partial charge in [-0.25, -0.2) is 9.78 Å². The van der Waals surface area contributed by atoms with Gasteiger partial charge in [-0.3, -0.25) is 4.79 Å². The van der Waals surface area contributed by atoms with Crippen molar-refractivity contribution in [3.63, 3.8) is 0 Å². The molecule has 3 N–H and O–H groups in total. The number of nitrogens with zero attached hydrogens (tertiary/aromatic N) is 1. The third-order valence-corrected chi connectivity index (χ3v) is 6.75. The summed E-state index contributed by atoms with van der Waals surface area (Å²) >= 11 is 0. The predicted octanol–water partition coefficient (Wildman–Crippen LogP) is 2.70. The number of unbranched alkanes of at least 4 members (excludes halogenated alkanes) is 1. The zero-order valence-electron chi connectivity index (χ0n) is 18.7. The number of amides is 1. The highest BCUT2D eigenvalue weighted by atomic mass is 16.5. The SMILES string of the molecule is O=C(NC(CCOCCCCc1ccc2c(n1)NCCC2)C(=O)O)C1CC2CCC(C1)O2. The van der Waals surface area contributed by atoms with E-state index in [0.29, 0.717) is 26.1 Å². The second-order valence-corrected chi connectivity index (χ2v) is 9.22. The van der Waals surface area contributed by atoms with E-state index in [1.165, 1.54) is 5.56 Å². The van der Waals surface area contributed by atoms with E-state index in [0.717, 1.165) is 63.0 Å². The summed E-state index contributed by atoms with van der Waals surface area (Å²) in [7, 11) is 0. The Bertz CT molecular complexity index is 790. The molecule has 0 aromatic carbocycles. The standard InChI is InChI=1S/C24H35N3O5/c28-23(17-14-19-8-9-20(15-17)32-19)27-21(24(29)30)10-13-31-12-2-1-5-18-7-6-16-4-3-11-25-22(16)26-18/h6-7,17,19-21H,1-5,8-15H2,(H,25,26)(H,27,28)(H,29,30). The molecular weight excluding hydrogens is 410 g/mol. The average Bonchev–Trinajstić information content (AvgIpc) is 3.14. The lowest BCUT2D eigenvalue weighted by Crippen LogP contribution is -2.46. The van der Waals surface area contributed by atoms with Crippen molar-refractivity contribution in [2.75, 3.05) is 25.1 Å². The van der Waals surface area contributed by atoms with Gasteiger partial charge in [0.15, 0.2) is 0 Å². The zero-order valence-corrected chi connectivity index (χ0v) is 18.7. The molecule has 32 heavy (non-hydrogen) atoms. The smallest absolute Gasteiger partial charge is 0.326 e. The lowest BCUT2D eigenvalue weighted by molar-refractivity contribution is -0.144. The first-order valence-corrected chi connectivity index (χ1v) is 12.1. The minimum Gasteiger partial charge on any atom is -0.480 e. The van der Waals surface area contributed by atoms with Crippen molar-refractivity contribution in [1.82, 2.24) is 10.3 Å². The molecule has 2 saturated heterocycles. The molecule has 1 amide bonds. The van der Waals surface area contributed by atoms with Crippen molar-refractivity contribution < 1.29 is 24.2 Å². The molecule has 1 aromatic rings. The normalized spacial score (nSPS) is 24.9. The van der Waals surface area contributed by atoms with Crippen LogP contribution in [0.25, 0.3) is 0 Å². The molecule has 8 heteroatoms. The first kappa shape index (κ1) is 23.0. The van der Waals surface area contributed by atoms with Crippen LogP contribution in [0, 0.1) is 5.92 Å². The number of carbonyl (C=O) groups excluding carboxylic acids is 1. The largest absolute Gasteiger partial charge is 0.480 e. The van der Waals surface area contributed by atoms with E-state index in [9.17, 15) is 14.7 Å². The summed E-state index contributed by atoms with van der Waals surface area (Å²) in [5.41, 5.74) is 2.39. The maximum absolute atomic E-state index is 12.5. The highest BCUT2D eigenvalue weighted by molar-refractivity contribution is 5.85. The monoisotopic (exact) mass is 445 g/mol. The van der Waals surface area contributed by atoms with Crippen molar-refractivity contribution in [2.24, 2.45) is 5.92 Å². The minimum atomic E-state index is -1.01. The molecule has 2 fully saturated rings. The number of carboxylic acids is 1.